The third-order valence-corrected chi connectivity index (χ3v) is 5.58. The lowest BCUT2D eigenvalue weighted by molar-refractivity contribution is 0.0690. The second kappa shape index (κ2) is 5.98. The topological polar surface area (TPSA) is 90.5 Å². The molecule has 0 unspecified atom stereocenters. The molecule has 1 heterocycles. The van der Waals surface area contributed by atoms with E-state index in [4.69, 9.17) is 5.11 Å². The fourth-order valence-corrected chi connectivity index (χ4v) is 3.97. The number of aromatic carboxylic acids is 1. The van der Waals surface area contributed by atoms with Crippen molar-refractivity contribution in [2.24, 2.45) is 0 Å². The van der Waals surface area contributed by atoms with Crippen LogP contribution in [0.5, 0.6) is 0 Å². The van der Waals surface area contributed by atoms with Gasteiger partial charge >= 0.3 is 5.97 Å². The van der Waals surface area contributed by atoms with Crippen molar-refractivity contribution in [3.05, 3.63) is 17.0 Å². The van der Waals surface area contributed by atoms with Gasteiger partial charge in [0.1, 0.15) is 10.6 Å². The fraction of sp³-hybridized carbons (Fsp3) is 0.545. The van der Waals surface area contributed by atoms with Crippen molar-refractivity contribution >= 4 is 27.8 Å². The maximum atomic E-state index is 12.4. The van der Waals surface area contributed by atoms with Gasteiger partial charge in [-0.25, -0.2) is 17.5 Å². The molecule has 0 aliphatic rings. The summed E-state index contributed by atoms with van der Waals surface area (Å²) in [5, 5.41) is 9.01. The highest BCUT2D eigenvalue weighted by atomic mass is 32.2. The van der Waals surface area contributed by atoms with Gasteiger partial charge in [-0.3, -0.25) is 0 Å². The third kappa shape index (κ3) is 3.13. The van der Waals surface area contributed by atoms with Crippen molar-refractivity contribution in [2.45, 2.75) is 18.7 Å². The van der Waals surface area contributed by atoms with Crippen molar-refractivity contribution < 1.29 is 18.3 Å². The maximum absolute atomic E-state index is 12.4. The highest BCUT2D eigenvalue weighted by molar-refractivity contribution is 7.98. The molecular formula is C11H18N2O4S2. The van der Waals surface area contributed by atoms with Crippen LogP contribution in [0.3, 0.4) is 0 Å². The molecule has 0 atom stereocenters. The molecule has 108 valence electrons. The lowest BCUT2D eigenvalue weighted by Gasteiger charge is -2.17. The van der Waals surface area contributed by atoms with E-state index in [9.17, 15) is 13.2 Å². The number of aryl methyl sites for hydroxylation is 1. The number of aromatic nitrogens is 1. The standard InChI is InChI=1S/C11H18N2O4S2/c1-7-9(11(14)15)12-8(2)10(7)19(16,17)13(3)5-6-18-4/h12H,5-6H2,1-4H3,(H,14,15). The average Bonchev–Trinajstić information content (AvgIpc) is 2.62. The van der Waals surface area contributed by atoms with Crippen LogP contribution in [0, 0.1) is 13.8 Å². The number of aromatic amines is 1. The van der Waals surface area contributed by atoms with E-state index < -0.39 is 16.0 Å². The Morgan fingerprint density at radius 3 is 2.42 bits per heavy atom. The van der Waals surface area contributed by atoms with Crippen LogP contribution in [0.2, 0.25) is 0 Å². The molecule has 0 saturated heterocycles. The number of sulfonamides is 1. The third-order valence-electron chi connectivity index (χ3n) is 2.86. The van der Waals surface area contributed by atoms with Crippen LogP contribution in [-0.4, -0.2) is 54.4 Å². The van der Waals surface area contributed by atoms with Gasteiger partial charge in [-0.2, -0.15) is 11.8 Å². The van der Waals surface area contributed by atoms with Crippen LogP contribution >= 0.6 is 11.8 Å². The Labute approximate surface area is 117 Å². The van der Waals surface area contributed by atoms with E-state index >= 15 is 0 Å². The van der Waals surface area contributed by atoms with Gasteiger partial charge in [-0.15, -0.1) is 0 Å². The summed E-state index contributed by atoms with van der Waals surface area (Å²) < 4.78 is 26.1. The molecule has 0 amide bonds. The number of hydrogen-bond acceptors (Lipinski definition) is 4. The van der Waals surface area contributed by atoms with Crippen LogP contribution in [-0.2, 0) is 10.0 Å². The molecular weight excluding hydrogens is 288 g/mol. The van der Waals surface area contributed by atoms with Crippen LogP contribution in [0.1, 0.15) is 21.7 Å². The largest absolute Gasteiger partial charge is 0.477 e. The van der Waals surface area contributed by atoms with Gasteiger partial charge in [0.15, 0.2) is 0 Å². The van der Waals surface area contributed by atoms with Crippen LogP contribution < -0.4 is 0 Å². The minimum absolute atomic E-state index is 0.0634. The highest BCUT2D eigenvalue weighted by Gasteiger charge is 2.29. The van der Waals surface area contributed by atoms with Crippen molar-refractivity contribution in [3.8, 4) is 0 Å². The van der Waals surface area contributed by atoms with E-state index in [1.807, 2.05) is 6.26 Å². The number of nitrogens with one attached hydrogen (secondary N) is 1. The number of rotatable bonds is 6. The van der Waals surface area contributed by atoms with Gasteiger partial charge in [0, 0.05) is 30.6 Å². The second-order valence-corrected chi connectivity index (χ2v) is 7.17. The van der Waals surface area contributed by atoms with Crippen molar-refractivity contribution in [1.82, 2.24) is 9.29 Å². The zero-order valence-corrected chi connectivity index (χ0v) is 13.0. The Kier molecular flexibility index (Phi) is 5.05. The summed E-state index contributed by atoms with van der Waals surface area (Å²) in [7, 11) is -2.16. The van der Waals surface area contributed by atoms with E-state index in [0.717, 1.165) is 0 Å². The molecule has 2 N–H and O–H groups in total. The number of nitrogens with zero attached hydrogens (tertiary/aromatic N) is 1. The lowest BCUT2D eigenvalue weighted by Crippen LogP contribution is -2.29. The summed E-state index contributed by atoms with van der Waals surface area (Å²) in [5.41, 5.74) is 0.529. The first-order chi connectivity index (χ1) is 8.73. The highest BCUT2D eigenvalue weighted by Crippen LogP contribution is 2.25. The first-order valence-corrected chi connectivity index (χ1v) is 8.44. The number of H-pyrrole nitrogens is 1. The predicted octanol–water partition coefficient (Wildman–Crippen LogP) is 1.31. The molecule has 8 heteroatoms. The first kappa shape index (κ1) is 16.1. The van der Waals surface area contributed by atoms with Gasteiger partial charge < -0.3 is 10.1 Å². The number of thioether (sulfide) groups is 1. The molecule has 0 radical (unpaired) electrons. The van der Waals surface area contributed by atoms with Crippen LogP contribution in [0.4, 0.5) is 0 Å². The van der Waals surface area contributed by atoms with E-state index in [-0.39, 0.29) is 16.2 Å². The van der Waals surface area contributed by atoms with Crippen molar-refractivity contribution in [2.75, 3.05) is 25.6 Å². The maximum Gasteiger partial charge on any atom is 0.352 e. The minimum Gasteiger partial charge on any atom is -0.477 e. The average molecular weight is 306 g/mol. The van der Waals surface area contributed by atoms with E-state index in [1.54, 1.807) is 18.7 Å². The minimum atomic E-state index is -3.66. The monoisotopic (exact) mass is 306 g/mol. The SMILES string of the molecule is CSCCN(C)S(=O)(=O)c1c(C)[nH]c(C(=O)O)c1C. The Hall–Kier alpha value is -0.990. The number of carbonyl (C=O) groups is 1. The predicted molar refractivity (Wildman–Crippen MR) is 75.4 cm³/mol. The van der Waals surface area contributed by atoms with Gasteiger partial charge in [0.25, 0.3) is 0 Å². The second-order valence-electron chi connectivity index (χ2n) is 4.20. The first-order valence-electron chi connectivity index (χ1n) is 5.61. The van der Waals surface area contributed by atoms with E-state index in [1.165, 1.54) is 18.3 Å². The summed E-state index contributed by atoms with van der Waals surface area (Å²) in [6.07, 6.45) is 1.90. The van der Waals surface area contributed by atoms with E-state index in [0.29, 0.717) is 18.0 Å². The molecule has 1 aromatic heterocycles. The lowest BCUT2D eigenvalue weighted by atomic mass is 10.2. The summed E-state index contributed by atoms with van der Waals surface area (Å²) in [4.78, 5) is 13.7. The smallest absolute Gasteiger partial charge is 0.352 e. The summed E-state index contributed by atoms with van der Waals surface area (Å²) in [6.45, 7) is 3.45. The number of hydrogen-bond donors (Lipinski definition) is 2. The molecule has 0 spiro atoms. The van der Waals surface area contributed by atoms with Gasteiger partial charge in [0.2, 0.25) is 10.0 Å². The quantitative estimate of drug-likeness (QED) is 0.827. The van der Waals surface area contributed by atoms with Gasteiger partial charge in [-0.1, -0.05) is 0 Å². The Morgan fingerprint density at radius 1 is 1.42 bits per heavy atom. The molecule has 1 aromatic rings. The van der Waals surface area contributed by atoms with Crippen molar-refractivity contribution in [1.29, 1.82) is 0 Å². The Balaban J connectivity index is 3.26. The molecule has 0 aliphatic carbocycles. The summed E-state index contributed by atoms with van der Waals surface area (Å²) >= 11 is 1.55. The zero-order chi connectivity index (χ0) is 14.8. The number of carboxylic acids is 1. The number of carboxylic acid groups (broad SMARTS) is 1. The zero-order valence-electron chi connectivity index (χ0n) is 11.3. The molecule has 0 fully saturated rings. The molecule has 0 aliphatic heterocycles. The molecule has 19 heavy (non-hydrogen) atoms. The normalized spacial score (nSPS) is 12.1. The molecule has 0 saturated carbocycles. The van der Waals surface area contributed by atoms with Crippen LogP contribution in [0.25, 0.3) is 0 Å². The molecule has 0 bridgehead atoms. The van der Waals surface area contributed by atoms with Crippen molar-refractivity contribution in [3.63, 3.8) is 0 Å². The van der Waals surface area contributed by atoms with Crippen LogP contribution in [0.15, 0.2) is 4.90 Å². The van der Waals surface area contributed by atoms with Gasteiger partial charge in [-0.05, 0) is 20.1 Å². The molecule has 0 aromatic carbocycles. The summed E-state index contributed by atoms with van der Waals surface area (Å²) in [5.74, 6) is -0.474. The molecule has 1 rings (SSSR count). The molecule has 6 nitrogen and oxygen atoms in total. The summed E-state index contributed by atoms with van der Waals surface area (Å²) in [6, 6.07) is 0. The van der Waals surface area contributed by atoms with E-state index in [2.05, 4.69) is 4.98 Å². The fourth-order valence-electron chi connectivity index (χ4n) is 1.83. The Bertz CT molecular complexity index is 578. The Morgan fingerprint density at radius 2 is 2.00 bits per heavy atom. The van der Waals surface area contributed by atoms with Gasteiger partial charge in [0.05, 0.1) is 0 Å².